The van der Waals surface area contributed by atoms with Crippen LogP contribution in [0.1, 0.15) is 11.6 Å². The Balaban J connectivity index is 0.000000537. The molecular weight excluding hydrogens is 424 g/mol. The van der Waals surface area contributed by atoms with Crippen molar-refractivity contribution >= 4 is 44.6 Å². The highest BCUT2D eigenvalue weighted by molar-refractivity contribution is 7.94. The van der Waals surface area contributed by atoms with Gasteiger partial charge in [-0.05, 0) is 37.4 Å². The summed E-state index contributed by atoms with van der Waals surface area (Å²) in [6.45, 7) is 3.57. The zero-order chi connectivity index (χ0) is 21.6. The van der Waals surface area contributed by atoms with E-state index in [0.717, 1.165) is 17.4 Å². The minimum absolute atomic E-state index is 0.0436. The molecule has 0 amide bonds. The summed E-state index contributed by atoms with van der Waals surface area (Å²) in [6.07, 6.45) is 0.715. The molecule has 1 aromatic heterocycles. The quantitative estimate of drug-likeness (QED) is 0.198. The predicted octanol–water partition coefficient (Wildman–Crippen LogP) is 3.02. The molecule has 0 aliphatic heterocycles. The fraction of sp³-hybridized carbons (Fsp3) is 0.188. The van der Waals surface area contributed by atoms with Gasteiger partial charge < -0.3 is 10.4 Å². The lowest BCUT2D eigenvalue weighted by atomic mass is 10.1. The van der Waals surface area contributed by atoms with Crippen LogP contribution in [0.4, 0.5) is 11.6 Å². The van der Waals surface area contributed by atoms with E-state index in [1.54, 1.807) is 19.9 Å². The topological polar surface area (TPSA) is 164 Å². The van der Waals surface area contributed by atoms with Crippen LogP contribution in [0.2, 0.25) is 0 Å². The van der Waals surface area contributed by atoms with Gasteiger partial charge in [-0.15, -0.1) is 4.33 Å². The van der Waals surface area contributed by atoms with Gasteiger partial charge in [-0.3, -0.25) is 4.55 Å². The van der Waals surface area contributed by atoms with E-state index in [1.165, 1.54) is 6.07 Å². The van der Waals surface area contributed by atoms with Crippen LogP contribution in [-0.4, -0.2) is 44.5 Å². The maximum atomic E-state index is 10.4. The Hall–Kier alpha value is -2.55. The van der Waals surface area contributed by atoms with Crippen molar-refractivity contribution < 1.29 is 32.7 Å². The SMILES string of the molecule is CS(=O)(=O)O.Cc1nc(C)nc(Nc2cccc3cc(SOOO)cc(O)c23)n1. The molecule has 3 rings (SSSR count). The van der Waals surface area contributed by atoms with E-state index in [4.69, 9.17) is 9.81 Å². The second-order valence-corrected chi connectivity index (χ2v) is 7.92. The number of hydrogen-bond acceptors (Lipinski definition) is 11. The third-order valence-corrected chi connectivity index (χ3v) is 3.75. The number of fused-ring (bicyclic) bond motifs is 1. The average molecular weight is 442 g/mol. The summed E-state index contributed by atoms with van der Waals surface area (Å²) in [6, 6.07) is 8.78. The lowest BCUT2D eigenvalue weighted by Crippen LogP contribution is -2.03. The number of benzene rings is 2. The lowest BCUT2D eigenvalue weighted by molar-refractivity contribution is -0.432. The van der Waals surface area contributed by atoms with Crippen LogP contribution < -0.4 is 5.32 Å². The van der Waals surface area contributed by atoms with E-state index in [-0.39, 0.29) is 5.75 Å². The molecule has 0 unspecified atom stereocenters. The van der Waals surface area contributed by atoms with Gasteiger partial charge in [0.1, 0.15) is 17.4 Å². The van der Waals surface area contributed by atoms with Crippen molar-refractivity contribution in [1.82, 2.24) is 15.0 Å². The smallest absolute Gasteiger partial charge is 0.261 e. The highest BCUT2D eigenvalue weighted by Crippen LogP contribution is 2.36. The number of rotatable bonds is 5. The average Bonchev–Trinajstić information content (AvgIpc) is 2.57. The number of phenolic OH excluding ortho intramolecular Hbond substituents is 1. The molecule has 29 heavy (non-hydrogen) atoms. The number of anilines is 2. The summed E-state index contributed by atoms with van der Waals surface area (Å²) < 4.78 is 30.3. The van der Waals surface area contributed by atoms with Crippen LogP contribution in [-0.2, 0) is 19.5 Å². The van der Waals surface area contributed by atoms with Gasteiger partial charge in [0.25, 0.3) is 10.1 Å². The molecule has 4 N–H and O–H groups in total. The van der Waals surface area contributed by atoms with E-state index < -0.39 is 10.1 Å². The Morgan fingerprint density at radius 3 is 2.31 bits per heavy atom. The summed E-state index contributed by atoms with van der Waals surface area (Å²) in [7, 11) is -3.67. The minimum atomic E-state index is -3.67. The maximum Gasteiger partial charge on any atom is 0.261 e. The molecule has 13 heteroatoms. The van der Waals surface area contributed by atoms with Gasteiger partial charge in [-0.25, -0.2) is 10.2 Å². The summed E-state index contributed by atoms with van der Waals surface area (Å²) in [5, 5.41) is 26.6. The number of aromatic hydroxyl groups is 1. The van der Waals surface area contributed by atoms with Crippen LogP contribution in [0.25, 0.3) is 10.8 Å². The Morgan fingerprint density at radius 2 is 1.72 bits per heavy atom. The number of hydrogen-bond donors (Lipinski definition) is 4. The van der Waals surface area contributed by atoms with Crippen molar-refractivity contribution in [3.05, 3.63) is 42.0 Å². The van der Waals surface area contributed by atoms with Crippen molar-refractivity contribution in [2.24, 2.45) is 0 Å². The first-order chi connectivity index (χ1) is 13.6. The largest absolute Gasteiger partial charge is 0.507 e. The molecule has 1 heterocycles. The second-order valence-electron chi connectivity index (χ2n) is 5.68. The number of aryl methyl sites for hydroxylation is 2. The molecule has 3 aromatic rings. The first kappa shape index (κ1) is 22.7. The van der Waals surface area contributed by atoms with Gasteiger partial charge >= 0.3 is 0 Å². The van der Waals surface area contributed by atoms with Gasteiger partial charge in [0.2, 0.25) is 5.95 Å². The Morgan fingerprint density at radius 1 is 1.10 bits per heavy atom. The molecule has 0 aliphatic rings. The molecule has 0 aliphatic carbocycles. The summed E-state index contributed by atoms with van der Waals surface area (Å²) in [4.78, 5) is 13.2. The highest BCUT2D eigenvalue weighted by Gasteiger charge is 2.11. The number of nitrogens with zero attached hydrogens (tertiary/aromatic N) is 3. The highest BCUT2D eigenvalue weighted by atomic mass is 32.2. The molecule has 11 nitrogen and oxygen atoms in total. The monoisotopic (exact) mass is 442 g/mol. The Labute approximate surface area is 170 Å². The minimum Gasteiger partial charge on any atom is -0.507 e. The standard InChI is InChI=1S/C15H14N4O4S.CH4O3S/c1-8-16-9(2)18-15(17-8)19-12-5-3-4-10-6-11(24-23-22-21)7-13(20)14(10)12;1-5(2,3)4/h3-7,20-21H,1-2H3,(H,16,17,18,19);1H3,(H,2,3,4). The molecule has 0 saturated carbocycles. The molecule has 0 bridgehead atoms. The van der Waals surface area contributed by atoms with Crippen molar-refractivity contribution in [3.63, 3.8) is 0 Å². The first-order valence-corrected chi connectivity index (χ1v) is 10.4. The predicted molar refractivity (Wildman–Crippen MR) is 106 cm³/mol. The summed E-state index contributed by atoms with van der Waals surface area (Å²) >= 11 is 0.778. The molecule has 156 valence electrons. The fourth-order valence-electron chi connectivity index (χ4n) is 2.38. The van der Waals surface area contributed by atoms with Crippen LogP contribution in [0, 0.1) is 13.8 Å². The zero-order valence-corrected chi connectivity index (χ0v) is 17.2. The molecule has 2 aromatic carbocycles. The van der Waals surface area contributed by atoms with Gasteiger partial charge in [0.15, 0.2) is 0 Å². The van der Waals surface area contributed by atoms with Crippen LogP contribution in [0.15, 0.2) is 35.2 Å². The van der Waals surface area contributed by atoms with Gasteiger partial charge in [-0.1, -0.05) is 17.2 Å². The van der Waals surface area contributed by atoms with E-state index in [1.807, 2.05) is 18.2 Å². The normalized spacial score (nSPS) is 11.1. The first-order valence-electron chi connectivity index (χ1n) is 7.86. The van der Waals surface area contributed by atoms with E-state index in [9.17, 15) is 13.5 Å². The molecule has 0 atom stereocenters. The lowest BCUT2D eigenvalue weighted by Gasteiger charge is -2.11. The van der Waals surface area contributed by atoms with Gasteiger partial charge in [0.05, 0.1) is 24.0 Å². The van der Waals surface area contributed by atoms with Crippen molar-refractivity contribution in [1.29, 1.82) is 0 Å². The zero-order valence-electron chi connectivity index (χ0n) is 15.5. The van der Waals surface area contributed by atoms with Gasteiger partial charge in [0, 0.05) is 10.3 Å². The maximum absolute atomic E-state index is 10.4. The van der Waals surface area contributed by atoms with Gasteiger partial charge in [-0.2, -0.15) is 18.4 Å². The Kier molecular flexibility index (Phi) is 7.66. The molecule has 0 spiro atoms. The van der Waals surface area contributed by atoms with E-state index >= 15 is 0 Å². The number of phenols is 1. The molecule has 0 fully saturated rings. The van der Waals surface area contributed by atoms with E-state index in [0.29, 0.717) is 39.8 Å². The third kappa shape index (κ3) is 7.41. The third-order valence-electron chi connectivity index (χ3n) is 3.20. The molecular formula is C16H18N4O7S2. The molecule has 0 radical (unpaired) electrons. The van der Waals surface area contributed by atoms with E-state index in [2.05, 4.69) is 29.6 Å². The second kappa shape index (κ2) is 9.78. The molecule has 0 saturated heterocycles. The Bertz CT molecular complexity index is 1080. The van der Waals surface area contributed by atoms with Crippen LogP contribution >= 0.6 is 12.0 Å². The van der Waals surface area contributed by atoms with Crippen LogP contribution in [0.5, 0.6) is 5.75 Å². The van der Waals surface area contributed by atoms with Crippen LogP contribution in [0.3, 0.4) is 0 Å². The van der Waals surface area contributed by atoms with Crippen molar-refractivity contribution in [2.75, 3.05) is 11.6 Å². The van der Waals surface area contributed by atoms with Crippen molar-refractivity contribution in [2.45, 2.75) is 18.7 Å². The number of aromatic nitrogens is 3. The fourth-order valence-corrected chi connectivity index (χ4v) is 2.82. The summed E-state index contributed by atoms with van der Waals surface area (Å²) in [5.41, 5.74) is 0.658. The summed E-state index contributed by atoms with van der Waals surface area (Å²) in [5.74, 6) is 1.66. The van der Waals surface area contributed by atoms with Crippen molar-refractivity contribution in [3.8, 4) is 5.75 Å². The number of nitrogens with one attached hydrogen (secondary N) is 1.